The summed E-state index contributed by atoms with van der Waals surface area (Å²) in [6.07, 6.45) is 1.42. The predicted octanol–water partition coefficient (Wildman–Crippen LogP) is 1.73. The van der Waals surface area contributed by atoms with Crippen molar-refractivity contribution < 1.29 is 13.7 Å². The highest BCUT2D eigenvalue weighted by Gasteiger charge is 2.11. The van der Waals surface area contributed by atoms with Gasteiger partial charge in [-0.15, -0.1) is 0 Å². The second-order valence-corrected chi connectivity index (χ2v) is 4.83. The van der Waals surface area contributed by atoms with E-state index < -0.39 is 17.2 Å². The third kappa shape index (κ3) is 4.24. The Hall–Kier alpha value is -1.27. The molecule has 94 valence electrons. The minimum Gasteiger partial charge on any atom is -0.593 e. The van der Waals surface area contributed by atoms with Gasteiger partial charge in [0.1, 0.15) is 11.9 Å². The minimum absolute atomic E-state index is 0.172. The molecule has 17 heavy (non-hydrogen) atoms. The van der Waals surface area contributed by atoms with Crippen molar-refractivity contribution in [2.45, 2.75) is 19.9 Å². The number of nitrogens with one attached hydrogen (secondary N) is 2. The van der Waals surface area contributed by atoms with Crippen molar-refractivity contribution in [3.05, 3.63) is 29.6 Å². The van der Waals surface area contributed by atoms with Crippen molar-refractivity contribution in [2.75, 3.05) is 11.0 Å². The summed E-state index contributed by atoms with van der Waals surface area (Å²) in [5, 5.41) is 2.66. The van der Waals surface area contributed by atoms with Crippen molar-refractivity contribution in [3.63, 3.8) is 0 Å². The fourth-order valence-electron chi connectivity index (χ4n) is 1.43. The summed E-state index contributed by atoms with van der Waals surface area (Å²) in [6, 6.07) is 4.24. The zero-order valence-electron chi connectivity index (χ0n) is 9.91. The van der Waals surface area contributed by atoms with Gasteiger partial charge in [0.2, 0.25) is 5.91 Å². The molecule has 0 aliphatic carbocycles. The molecule has 1 rings (SSSR count). The van der Waals surface area contributed by atoms with E-state index in [1.807, 2.05) is 0 Å². The van der Waals surface area contributed by atoms with Crippen LogP contribution in [0, 0.1) is 5.82 Å². The van der Waals surface area contributed by atoms with Gasteiger partial charge in [-0.2, -0.15) is 0 Å². The zero-order chi connectivity index (χ0) is 13.0. The van der Waals surface area contributed by atoms with Crippen molar-refractivity contribution in [3.8, 4) is 0 Å². The Bertz CT molecular complexity index is 412. The molecule has 0 heterocycles. The lowest BCUT2D eigenvalue weighted by atomic mass is 10.1. The largest absolute Gasteiger partial charge is 0.593 e. The third-order valence-corrected chi connectivity index (χ3v) is 2.67. The van der Waals surface area contributed by atoms with E-state index in [2.05, 4.69) is 10.0 Å². The third-order valence-electron chi connectivity index (χ3n) is 2.17. The lowest BCUT2D eigenvalue weighted by Gasteiger charge is -2.14. The van der Waals surface area contributed by atoms with Crippen LogP contribution in [0.4, 0.5) is 10.1 Å². The van der Waals surface area contributed by atoms with Gasteiger partial charge in [0.05, 0.1) is 17.4 Å². The van der Waals surface area contributed by atoms with Gasteiger partial charge in [-0.25, -0.2) is 9.11 Å². The summed E-state index contributed by atoms with van der Waals surface area (Å²) in [6.45, 7) is 3.17. The fraction of sp³-hybridized carbons (Fsp3) is 0.364. The van der Waals surface area contributed by atoms with Crippen molar-refractivity contribution in [2.24, 2.45) is 0 Å². The summed E-state index contributed by atoms with van der Waals surface area (Å²) in [5.74, 6) is -0.662. The standard InChI is InChI=1S/C11H15FN2O2S/c1-7(13-8(2)15)9-4-5-11(10(12)6-9)14-17(3)16/h4-7,14H,1-3H3,(H,13,15). The quantitative estimate of drug-likeness (QED) is 0.808. The van der Waals surface area contributed by atoms with Crippen LogP contribution in [0.25, 0.3) is 0 Å². The molecule has 0 aliphatic heterocycles. The number of anilines is 1. The Labute approximate surface area is 103 Å². The van der Waals surface area contributed by atoms with Crippen LogP contribution in [0.1, 0.15) is 25.5 Å². The molecule has 1 aromatic rings. The molecule has 0 bridgehead atoms. The molecule has 0 spiro atoms. The predicted molar refractivity (Wildman–Crippen MR) is 66.3 cm³/mol. The first-order valence-corrected chi connectivity index (χ1v) is 6.62. The molecule has 2 unspecified atom stereocenters. The van der Waals surface area contributed by atoms with E-state index in [4.69, 9.17) is 0 Å². The maximum atomic E-state index is 13.6. The Kier molecular flexibility index (Phi) is 4.77. The van der Waals surface area contributed by atoms with Crippen LogP contribution in [-0.4, -0.2) is 16.7 Å². The zero-order valence-corrected chi connectivity index (χ0v) is 10.7. The lowest BCUT2D eigenvalue weighted by molar-refractivity contribution is -0.119. The molecule has 0 aliphatic rings. The molecular weight excluding hydrogens is 243 g/mol. The first kappa shape index (κ1) is 13.8. The maximum absolute atomic E-state index is 13.6. The Balaban J connectivity index is 2.84. The highest BCUT2D eigenvalue weighted by atomic mass is 32.2. The van der Waals surface area contributed by atoms with Crippen LogP contribution in [0.5, 0.6) is 0 Å². The van der Waals surface area contributed by atoms with Crippen molar-refractivity contribution >= 4 is 23.0 Å². The SMILES string of the molecule is CC(=O)NC(C)c1ccc(N[S+](C)[O-])c(F)c1. The highest BCUT2D eigenvalue weighted by molar-refractivity contribution is 7.92. The first-order chi connectivity index (χ1) is 7.90. The average molecular weight is 258 g/mol. The van der Waals surface area contributed by atoms with E-state index in [1.165, 1.54) is 25.3 Å². The van der Waals surface area contributed by atoms with E-state index in [9.17, 15) is 13.7 Å². The van der Waals surface area contributed by atoms with Gasteiger partial charge < -0.3 is 9.87 Å². The normalized spacial score (nSPS) is 13.9. The summed E-state index contributed by atoms with van der Waals surface area (Å²) >= 11 is -1.31. The Morgan fingerprint density at radius 2 is 2.18 bits per heavy atom. The van der Waals surface area contributed by atoms with Gasteiger partial charge in [0.15, 0.2) is 5.82 Å². The Morgan fingerprint density at radius 1 is 1.53 bits per heavy atom. The highest BCUT2D eigenvalue weighted by Crippen LogP contribution is 2.20. The molecule has 0 radical (unpaired) electrons. The van der Waals surface area contributed by atoms with Crippen LogP contribution in [0.3, 0.4) is 0 Å². The minimum atomic E-state index is -1.31. The molecule has 0 saturated carbocycles. The van der Waals surface area contributed by atoms with Gasteiger partial charge >= 0.3 is 0 Å². The molecule has 1 aromatic carbocycles. The number of amides is 1. The van der Waals surface area contributed by atoms with Crippen LogP contribution in [-0.2, 0) is 16.2 Å². The number of carbonyl (C=O) groups excluding carboxylic acids is 1. The number of rotatable bonds is 4. The topological polar surface area (TPSA) is 64.2 Å². The molecule has 4 nitrogen and oxygen atoms in total. The smallest absolute Gasteiger partial charge is 0.217 e. The van der Waals surface area contributed by atoms with Gasteiger partial charge in [0.25, 0.3) is 0 Å². The van der Waals surface area contributed by atoms with E-state index in [0.29, 0.717) is 5.56 Å². The number of halogens is 1. The van der Waals surface area contributed by atoms with Crippen LogP contribution in [0.2, 0.25) is 0 Å². The van der Waals surface area contributed by atoms with Crippen molar-refractivity contribution in [1.29, 1.82) is 0 Å². The van der Waals surface area contributed by atoms with Crippen LogP contribution >= 0.6 is 0 Å². The summed E-state index contributed by atoms with van der Waals surface area (Å²) in [4.78, 5) is 10.9. The molecule has 2 atom stereocenters. The number of hydrogen-bond donors (Lipinski definition) is 2. The summed E-state index contributed by atoms with van der Waals surface area (Å²) in [5.41, 5.74) is 0.842. The number of carbonyl (C=O) groups is 1. The van der Waals surface area contributed by atoms with Crippen LogP contribution < -0.4 is 10.0 Å². The molecule has 2 N–H and O–H groups in total. The molecule has 0 saturated heterocycles. The first-order valence-electron chi connectivity index (χ1n) is 5.06. The molecule has 0 fully saturated rings. The fourth-order valence-corrected chi connectivity index (χ4v) is 1.90. The second kappa shape index (κ2) is 5.88. The number of benzene rings is 1. The van der Waals surface area contributed by atoms with Gasteiger partial charge in [0, 0.05) is 6.92 Å². The average Bonchev–Trinajstić information content (AvgIpc) is 2.19. The molecule has 1 amide bonds. The number of hydrogen-bond acceptors (Lipinski definition) is 3. The van der Waals surface area contributed by atoms with Gasteiger partial charge in [-0.05, 0) is 24.6 Å². The second-order valence-electron chi connectivity index (χ2n) is 3.72. The van der Waals surface area contributed by atoms with Gasteiger partial charge in [-0.3, -0.25) is 4.79 Å². The molecule has 0 aromatic heterocycles. The summed E-state index contributed by atoms with van der Waals surface area (Å²) in [7, 11) is 0. The monoisotopic (exact) mass is 258 g/mol. The lowest BCUT2D eigenvalue weighted by Crippen LogP contribution is -2.23. The summed E-state index contributed by atoms with van der Waals surface area (Å²) < 4.78 is 27.0. The molecule has 6 heteroatoms. The van der Waals surface area contributed by atoms with Gasteiger partial charge in [-0.1, -0.05) is 6.07 Å². The van der Waals surface area contributed by atoms with Crippen LogP contribution in [0.15, 0.2) is 18.2 Å². The Morgan fingerprint density at radius 3 is 2.65 bits per heavy atom. The van der Waals surface area contributed by atoms with E-state index in [-0.39, 0.29) is 17.6 Å². The maximum Gasteiger partial charge on any atom is 0.217 e. The van der Waals surface area contributed by atoms with E-state index in [0.717, 1.165) is 0 Å². The van der Waals surface area contributed by atoms with E-state index >= 15 is 0 Å². The van der Waals surface area contributed by atoms with Crippen molar-refractivity contribution in [1.82, 2.24) is 5.32 Å². The van der Waals surface area contributed by atoms with E-state index in [1.54, 1.807) is 13.0 Å². The molecular formula is C11H15FN2O2S.